The van der Waals surface area contributed by atoms with Gasteiger partial charge >= 0.3 is 0 Å². The number of aliphatic hydroxyl groups excluding tert-OH is 1. The standard InChI is InChI=1S/C14H25NOS/c1-3-12-6-4-8-14(10-12,11-15)13(16)7-5-9-17-2/h12-13,16H,3-10H2,1-2H3. The van der Waals surface area contributed by atoms with E-state index in [0.29, 0.717) is 5.92 Å². The second kappa shape index (κ2) is 7.28. The molecule has 1 rings (SSSR count). The van der Waals surface area contributed by atoms with Crippen LogP contribution in [0.25, 0.3) is 0 Å². The Balaban J connectivity index is 2.57. The van der Waals surface area contributed by atoms with Crippen molar-refractivity contribution >= 4 is 11.8 Å². The van der Waals surface area contributed by atoms with E-state index in [2.05, 4.69) is 19.2 Å². The maximum absolute atomic E-state index is 10.3. The Kier molecular flexibility index (Phi) is 6.37. The van der Waals surface area contributed by atoms with Gasteiger partial charge in [-0.1, -0.05) is 26.2 Å². The first kappa shape index (κ1) is 14.9. The molecule has 0 aromatic heterocycles. The summed E-state index contributed by atoms with van der Waals surface area (Å²) in [5, 5.41) is 19.8. The molecule has 0 aromatic carbocycles. The molecular formula is C14H25NOS. The molecule has 1 fully saturated rings. The van der Waals surface area contributed by atoms with E-state index in [4.69, 9.17) is 0 Å². The molecule has 1 saturated carbocycles. The molecule has 0 heterocycles. The predicted octanol–water partition coefficient (Wildman–Crippen LogP) is 3.60. The van der Waals surface area contributed by atoms with Gasteiger partial charge < -0.3 is 5.11 Å². The zero-order valence-electron chi connectivity index (χ0n) is 11.1. The van der Waals surface area contributed by atoms with Crippen molar-refractivity contribution in [1.82, 2.24) is 0 Å². The summed E-state index contributed by atoms with van der Waals surface area (Å²) < 4.78 is 0. The quantitative estimate of drug-likeness (QED) is 0.737. The molecule has 17 heavy (non-hydrogen) atoms. The third kappa shape index (κ3) is 3.89. The molecule has 0 amide bonds. The van der Waals surface area contributed by atoms with E-state index >= 15 is 0 Å². The first-order valence-corrected chi connectivity index (χ1v) is 8.16. The Morgan fingerprint density at radius 1 is 1.59 bits per heavy atom. The summed E-state index contributed by atoms with van der Waals surface area (Å²) in [7, 11) is 0. The summed E-state index contributed by atoms with van der Waals surface area (Å²) in [5.41, 5.74) is -0.447. The summed E-state index contributed by atoms with van der Waals surface area (Å²) in [4.78, 5) is 0. The average molecular weight is 255 g/mol. The second-order valence-corrected chi connectivity index (χ2v) is 6.27. The number of hydrogen-bond donors (Lipinski definition) is 1. The molecule has 0 saturated heterocycles. The van der Waals surface area contributed by atoms with Crippen molar-refractivity contribution in [1.29, 1.82) is 5.26 Å². The Labute approximate surface area is 110 Å². The van der Waals surface area contributed by atoms with Gasteiger partial charge in [-0.25, -0.2) is 0 Å². The van der Waals surface area contributed by atoms with Crippen LogP contribution in [0.15, 0.2) is 0 Å². The van der Waals surface area contributed by atoms with Crippen LogP contribution in [0.3, 0.4) is 0 Å². The highest BCUT2D eigenvalue weighted by Crippen LogP contribution is 2.43. The molecule has 0 aromatic rings. The smallest absolute Gasteiger partial charge is 0.0834 e. The fraction of sp³-hybridized carbons (Fsp3) is 0.929. The van der Waals surface area contributed by atoms with E-state index < -0.39 is 11.5 Å². The number of aliphatic hydroxyl groups is 1. The first-order valence-electron chi connectivity index (χ1n) is 6.76. The topological polar surface area (TPSA) is 44.0 Å². The summed E-state index contributed by atoms with van der Waals surface area (Å²) in [6.45, 7) is 2.19. The molecule has 1 aliphatic rings. The molecule has 98 valence electrons. The Morgan fingerprint density at radius 3 is 2.94 bits per heavy atom. The lowest BCUT2D eigenvalue weighted by atomic mass is 9.66. The molecule has 0 bridgehead atoms. The maximum Gasteiger partial charge on any atom is 0.0834 e. The van der Waals surface area contributed by atoms with Gasteiger partial charge in [-0.3, -0.25) is 0 Å². The molecule has 3 atom stereocenters. The van der Waals surface area contributed by atoms with Crippen molar-refractivity contribution in [2.75, 3.05) is 12.0 Å². The zero-order chi connectivity index (χ0) is 12.7. The van der Waals surface area contributed by atoms with Crippen LogP contribution >= 0.6 is 11.8 Å². The van der Waals surface area contributed by atoms with Gasteiger partial charge in [0.1, 0.15) is 0 Å². The normalized spacial score (nSPS) is 30.8. The molecule has 0 spiro atoms. The van der Waals surface area contributed by atoms with Gasteiger partial charge in [0.05, 0.1) is 17.6 Å². The van der Waals surface area contributed by atoms with Gasteiger partial charge in [-0.2, -0.15) is 17.0 Å². The SMILES string of the molecule is CCC1CCCC(C#N)(C(O)CCCSC)C1. The van der Waals surface area contributed by atoms with Crippen LogP contribution in [0.2, 0.25) is 0 Å². The second-order valence-electron chi connectivity index (χ2n) is 5.29. The number of thioether (sulfide) groups is 1. The molecule has 0 radical (unpaired) electrons. The fourth-order valence-corrected chi connectivity index (χ4v) is 3.41. The van der Waals surface area contributed by atoms with E-state index in [9.17, 15) is 10.4 Å². The van der Waals surface area contributed by atoms with Gasteiger partial charge in [0.25, 0.3) is 0 Å². The maximum atomic E-state index is 10.3. The van der Waals surface area contributed by atoms with Gasteiger partial charge in [0, 0.05) is 0 Å². The number of nitriles is 1. The minimum atomic E-state index is -0.447. The van der Waals surface area contributed by atoms with Crippen molar-refractivity contribution in [3.05, 3.63) is 0 Å². The molecule has 3 unspecified atom stereocenters. The lowest BCUT2D eigenvalue weighted by molar-refractivity contribution is 0.0142. The van der Waals surface area contributed by atoms with Crippen molar-refractivity contribution in [3.8, 4) is 6.07 Å². The third-order valence-electron chi connectivity index (χ3n) is 4.15. The average Bonchev–Trinajstić information content (AvgIpc) is 2.38. The zero-order valence-corrected chi connectivity index (χ0v) is 11.9. The Bertz CT molecular complexity index is 263. The van der Waals surface area contributed by atoms with E-state index in [0.717, 1.165) is 44.3 Å². The summed E-state index contributed by atoms with van der Waals surface area (Å²) >= 11 is 1.81. The Morgan fingerprint density at radius 2 is 2.35 bits per heavy atom. The van der Waals surface area contributed by atoms with Crippen LogP contribution in [0.5, 0.6) is 0 Å². The van der Waals surface area contributed by atoms with E-state index in [-0.39, 0.29) is 0 Å². The number of rotatable bonds is 6. The largest absolute Gasteiger partial charge is 0.391 e. The highest BCUT2D eigenvalue weighted by atomic mass is 32.2. The fourth-order valence-electron chi connectivity index (χ4n) is 2.95. The highest BCUT2D eigenvalue weighted by Gasteiger charge is 2.41. The van der Waals surface area contributed by atoms with Crippen LogP contribution in [0.1, 0.15) is 51.9 Å². The lowest BCUT2D eigenvalue weighted by Gasteiger charge is -2.39. The summed E-state index contributed by atoms with van der Waals surface area (Å²) in [6, 6.07) is 2.45. The van der Waals surface area contributed by atoms with Crippen LogP contribution in [-0.4, -0.2) is 23.2 Å². The van der Waals surface area contributed by atoms with Crippen molar-refractivity contribution in [2.24, 2.45) is 11.3 Å². The van der Waals surface area contributed by atoms with Crippen LogP contribution in [0, 0.1) is 22.7 Å². The van der Waals surface area contributed by atoms with Crippen LogP contribution in [0.4, 0.5) is 0 Å². The van der Waals surface area contributed by atoms with Crippen molar-refractivity contribution in [2.45, 2.75) is 58.0 Å². The third-order valence-corrected chi connectivity index (χ3v) is 4.85. The van der Waals surface area contributed by atoms with Crippen LogP contribution in [-0.2, 0) is 0 Å². The van der Waals surface area contributed by atoms with Crippen molar-refractivity contribution < 1.29 is 5.11 Å². The molecule has 1 N–H and O–H groups in total. The van der Waals surface area contributed by atoms with E-state index in [1.54, 1.807) is 0 Å². The van der Waals surface area contributed by atoms with Crippen molar-refractivity contribution in [3.63, 3.8) is 0 Å². The number of nitrogens with zero attached hydrogens (tertiary/aromatic N) is 1. The first-order chi connectivity index (χ1) is 8.18. The monoisotopic (exact) mass is 255 g/mol. The van der Waals surface area contributed by atoms with Crippen LogP contribution < -0.4 is 0 Å². The lowest BCUT2D eigenvalue weighted by Crippen LogP contribution is -2.38. The van der Waals surface area contributed by atoms with Gasteiger partial charge in [0.15, 0.2) is 0 Å². The molecule has 2 nitrogen and oxygen atoms in total. The van der Waals surface area contributed by atoms with E-state index in [1.165, 1.54) is 6.42 Å². The van der Waals surface area contributed by atoms with E-state index in [1.807, 2.05) is 11.8 Å². The van der Waals surface area contributed by atoms with Gasteiger partial charge in [-0.15, -0.1) is 0 Å². The predicted molar refractivity (Wildman–Crippen MR) is 73.9 cm³/mol. The van der Waals surface area contributed by atoms with Gasteiger partial charge in [0.2, 0.25) is 0 Å². The summed E-state index contributed by atoms with van der Waals surface area (Å²) in [6.07, 6.45) is 8.73. The molecule has 1 aliphatic carbocycles. The minimum Gasteiger partial charge on any atom is -0.391 e. The number of hydrogen-bond acceptors (Lipinski definition) is 3. The van der Waals surface area contributed by atoms with Gasteiger partial charge in [-0.05, 0) is 43.6 Å². The summed E-state index contributed by atoms with van der Waals surface area (Å²) in [5.74, 6) is 1.72. The molecular weight excluding hydrogens is 230 g/mol. The molecule has 0 aliphatic heterocycles. The minimum absolute atomic E-state index is 0.422. The highest BCUT2D eigenvalue weighted by molar-refractivity contribution is 7.98. The molecule has 3 heteroatoms. The Hall–Kier alpha value is -0.200.